The fraction of sp³-hybridized carbons (Fsp3) is 0.333. The Morgan fingerprint density at radius 1 is 1.10 bits per heavy atom. The zero-order chi connectivity index (χ0) is 20.4. The zero-order valence-corrected chi connectivity index (χ0v) is 16.5. The predicted octanol–water partition coefficient (Wildman–Crippen LogP) is 1.57. The van der Waals surface area contributed by atoms with E-state index in [2.05, 4.69) is 5.10 Å². The average Bonchev–Trinajstić information content (AvgIpc) is 3.08. The number of aryl methyl sites for hydroxylation is 2. The summed E-state index contributed by atoms with van der Waals surface area (Å²) in [6.07, 6.45) is 0. The highest BCUT2D eigenvalue weighted by Gasteiger charge is 2.21. The smallest absolute Gasteiger partial charge is 0.256 e. The van der Waals surface area contributed by atoms with Gasteiger partial charge in [-0.3, -0.25) is 14.2 Å². The first-order valence-electron chi connectivity index (χ1n) is 9.59. The van der Waals surface area contributed by atoms with E-state index in [4.69, 9.17) is 9.72 Å². The fourth-order valence-corrected chi connectivity index (χ4v) is 3.44. The molecule has 0 spiro atoms. The van der Waals surface area contributed by atoms with Crippen LogP contribution in [-0.4, -0.2) is 56.4 Å². The summed E-state index contributed by atoms with van der Waals surface area (Å²) < 4.78 is 8.32. The highest BCUT2D eigenvalue weighted by Crippen LogP contribution is 2.18. The molecule has 3 aromatic rings. The quantitative estimate of drug-likeness (QED) is 0.672. The third-order valence-corrected chi connectivity index (χ3v) is 4.91. The molecule has 0 bridgehead atoms. The molecule has 0 saturated carbocycles. The first-order chi connectivity index (χ1) is 14.0. The third kappa shape index (κ3) is 3.97. The van der Waals surface area contributed by atoms with Gasteiger partial charge in [-0.25, -0.2) is 9.67 Å². The first-order valence-corrected chi connectivity index (χ1v) is 9.59. The minimum atomic E-state index is -0.289. The summed E-state index contributed by atoms with van der Waals surface area (Å²) >= 11 is 0. The van der Waals surface area contributed by atoms with Crippen molar-refractivity contribution < 1.29 is 9.53 Å². The van der Waals surface area contributed by atoms with Crippen molar-refractivity contribution in [1.29, 1.82) is 0 Å². The lowest BCUT2D eigenvalue weighted by Crippen LogP contribution is -2.44. The van der Waals surface area contributed by atoms with Gasteiger partial charge in [-0.15, -0.1) is 0 Å². The van der Waals surface area contributed by atoms with E-state index in [9.17, 15) is 9.59 Å². The summed E-state index contributed by atoms with van der Waals surface area (Å²) in [7, 11) is 0. The van der Waals surface area contributed by atoms with Crippen LogP contribution in [0, 0.1) is 13.8 Å². The molecule has 1 aromatic carbocycles. The van der Waals surface area contributed by atoms with Crippen molar-refractivity contribution in [2.24, 2.45) is 0 Å². The van der Waals surface area contributed by atoms with E-state index in [1.165, 1.54) is 10.6 Å². The number of aromatic nitrogens is 4. The summed E-state index contributed by atoms with van der Waals surface area (Å²) in [5.41, 5.74) is 2.75. The van der Waals surface area contributed by atoms with Crippen LogP contribution in [0.5, 0.6) is 0 Å². The molecular formula is C21H23N5O3. The third-order valence-electron chi connectivity index (χ3n) is 4.91. The molecule has 0 aliphatic carbocycles. The van der Waals surface area contributed by atoms with Crippen molar-refractivity contribution in [3.63, 3.8) is 0 Å². The van der Waals surface area contributed by atoms with Crippen molar-refractivity contribution in [2.75, 3.05) is 26.3 Å². The van der Waals surface area contributed by atoms with Crippen molar-refractivity contribution in [3.8, 4) is 17.2 Å². The molecule has 0 unspecified atom stereocenters. The summed E-state index contributed by atoms with van der Waals surface area (Å²) in [4.78, 5) is 32.3. The summed E-state index contributed by atoms with van der Waals surface area (Å²) in [6, 6.07) is 12.9. The molecule has 1 fully saturated rings. The van der Waals surface area contributed by atoms with Gasteiger partial charge in [-0.05, 0) is 19.9 Å². The number of ether oxygens (including phenoxy) is 1. The Bertz CT molecular complexity index is 1080. The molecule has 0 radical (unpaired) electrons. The molecule has 29 heavy (non-hydrogen) atoms. The second kappa shape index (κ2) is 8.00. The van der Waals surface area contributed by atoms with Gasteiger partial charge in [0.05, 0.1) is 24.6 Å². The molecule has 2 aromatic heterocycles. The van der Waals surface area contributed by atoms with Crippen LogP contribution >= 0.6 is 0 Å². The monoisotopic (exact) mass is 393 g/mol. The molecule has 8 heteroatoms. The van der Waals surface area contributed by atoms with Crippen LogP contribution in [0.25, 0.3) is 17.2 Å². The van der Waals surface area contributed by atoms with Gasteiger partial charge < -0.3 is 9.64 Å². The lowest BCUT2D eigenvalue weighted by molar-refractivity contribution is -0.135. The topological polar surface area (TPSA) is 82.2 Å². The SMILES string of the molecule is Cc1cc(C)n(-c2nc(-c3ccccc3)cc(=O)n2CC(=O)N2CCOCC2)n1. The molecule has 0 N–H and O–H groups in total. The van der Waals surface area contributed by atoms with Crippen molar-refractivity contribution in [3.05, 3.63) is 64.2 Å². The van der Waals surface area contributed by atoms with Crippen molar-refractivity contribution >= 4 is 5.91 Å². The number of amides is 1. The lowest BCUT2D eigenvalue weighted by atomic mass is 10.1. The van der Waals surface area contributed by atoms with Crippen LogP contribution in [-0.2, 0) is 16.1 Å². The minimum Gasteiger partial charge on any atom is -0.378 e. The van der Waals surface area contributed by atoms with E-state index in [1.807, 2.05) is 50.2 Å². The zero-order valence-electron chi connectivity index (χ0n) is 16.5. The van der Waals surface area contributed by atoms with Crippen molar-refractivity contribution in [1.82, 2.24) is 24.2 Å². The molecule has 1 aliphatic rings. The molecule has 0 atom stereocenters. The molecule has 3 heterocycles. The Labute approximate surface area is 168 Å². The second-order valence-corrected chi connectivity index (χ2v) is 7.06. The van der Waals surface area contributed by atoms with Gasteiger partial charge in [0.1, 0.15) is 6.54 Å². The van der Waals surface area contributed by atoms with Gasteiger partial charge in [0.25, 0.3) is 5.56 Å². The van der Waals surface area contributed by atoms with Crippen LogP contribution in [0.2, 0.25) is 0 Å². The minimum absolute atomic E-state index is 0.0887. The second-order valence-electron chi connectivity index (χ2n) is 7.06. The first kappa shape index (κ1) is 19.1. The summed E-state index contributed by atoms with van der Waals surface area (Å²) in [5.74, 6) is 0.205. The maximum Gasteiger partial charge on any atom is 0.256 e. The van der Waals surface area contributed by atoms with E-state index >= 15 is 0 Å². The van der Waals surface area contributed by atoms with Gasteiger partial charge in [-0.1, -0.05) is 30.3 Å². The number of hydrogen-bond donors (Lipinski definition) is 0. The van der Waals surface area contributed by atoms with Crippen molar-refractivity contribution in [2.45, 2.75) is 20.4 Å². The molecule has 4 rings (SSSR count). The van der Waals surface area contributed by atoms with E-state index in [0.717, 1.165) is 17.0 Å². The Kier molecular flexibility index (Phi) is 5.26. The maximum absolute atomic E-state index is 13.0. The number of carbonyl (C=O) groups excluding carboxylic acids is 1. The predicted molar refractivity (Wildman–Crippen MR) is 108 cm³/mol. The van der Waals surface area contributed by atoms with E-state index in [1.54, 1.807) is 9.58 Å². The number of carbonyl (C=O) groups is 1. The maximum atomic E-state index is 13.0. The normalized spacial score (nSPS) is 14.2. The van der Waals surface area contributed by atoms with Crippen LogP contribution in [0.1, 0.15) is 11.4 Å². The van der Waals surface area contributed by atoms with Crippen LogP contribution < -0.4 is 5.56 Å². The average molecular weight is 393 g/mol. The fourth-order valence-electron chi connectivity index (χ4n) is 3.44. The number of benzene rings is 1. The Morgan fingerprint density at radius 2 is 1.83 bits per heavy atom. The highest BCUT2D eigenvalue weighted by molar-refractivity contribution is 5.76. The van der Waals surface area contributed by atoms with Gasteiger partial charge >= 0.3 is 0 Å². The summed E-state index contributed by atoms with van der Waals surface area (Å²) in [6.45, 7) is 5.76. The molecule has 1 amide bonds. The van der Waals surface area contributed by atoms with E-state index in [-0.39, 0.29) is 18.0 Å². The largest absolute Gasteiger partial charge is 0.378 e. The molecule has 1 aliphatic heterocycles. The van der Waals surface area contributed by atoms with Crippen LogP contribution in [0.4, 0.5) is 0 Å². The highest BCUT2D eigenvalue weighted by atomic mass is 16.5. The van der Waals surface area contributed by atoms with E-state index in [0.29, 0.717) is 37.9 Å². The van der Waals surface area contributed by atoms with E-state index < -0.39 is 0 Å². The molecule has 8 nitrogen and oxygen atoms in total. The lowest BCUT2D eigenvalue weighted by Gasteiger charge is -2.27. The Hall–Kier alpha value is -3.26. The molecule has 150 valence electrons. The number of morpholine rings is 1. The molecular weight excluding hydrogens is 370 g/mol. The molecule has 1 saturated heterocycles. The number of nitrogens with zero attached hydrogens (tertiary/aromatic N) is 5. The van der Waals surface area contributed by atoms with Gasteiger partial charge in [0, 0.05) is 30.4 Å². The Balaban J connectivity index is 1.80. The van der Waals surface area contributed by atoms with Crippen LogP contribution in [0.15, 0.2) is 47.3 Å². The number of rotatable bonds is 4. The summed E-state index contributed by atoms with van der Waals surface area (Å²) in [5, 5.41) is 4.49. The van der Waals surface area contributed by atoms with Crippen LogP contribution in [0.3, 0.4) is 0 Å². The Morgan fingerprint density at radius 3 is 2.48 bits per heavy atom. The number of hydrogen-bond acceptors (Lipinski definition) is 5. The van der Waals surface area contributed by atoms with Gasteiger partial charge in [0.2, 0.25) is 11.9 Å². The standard InChI is InChI=1S/C21H23N5O3/c1-15-12-16(2)26(23-15)21-22-18(17-6-4-3-5-7-17)13-19(27)25(21)14-20(28)24-8-10-29-11-9-24/h3-7,12-13H,8-11,14H2,1-2H3. The van der Waals surface area contributed by atoms with Gasteiger partial charge in [-0.2, -0.15) is 5.10 Å². The van der Waals surface area contributed by atoms with Gasteiger partial charge in [0.15, 0.2) is 0 Å².